The van der Waals surface area contributed by atoms with E-state index in [0.717, 1.165) is 5.69 Å². The first-order valence-corrected chi connectivity index (χ1v) is 6.15. The smallest absolute Gasteiger partial charge is 0.311 e. The van der Waals surface area contributed by atoms with Gasteiger partial charge in [0, 0.05) is 0 Å². The molecule has 0 aliphatic carbocycles. The molecule has 1 heterocycles. The topological polar surface area (TPSA) is 93.9 Å². The van der Waals surface area contributed by atoms with E-state index >= 15 is 0 Å². The Morgan fingerprint density at radius 1 is 1.45 bits per heavy atom. The number of aromatic nitrogens is 2. The van der Waals surface area contributed by atoms with Gasteiger partial charge in [0.1, 0.15) is 17.5 Å². The summed E-state index contributed by atoms with van der Waals surface area (Å²) in [6.45, 7) is 2.01. The van der Waals surface area contributed by atoms with E-state index in [1.54, 1.807) is 6.92 Å². The number of anilines is 1. The minimum absolute atomic E-state index is 0.0687. The Labute approximate surface area is 116 Å². The summed E-state index contributed by atoms with van der Waals surface area (Å²) < 4.78 is 6.31. The van der Waals surface area contributed by atoms with Crippen molar-refractivity contribution < 1.29 is 9.53 Å². The van der Waals surface area contributed by atoms with Crippen molar-refractivity contribution in [3.63, 3.8) is 0 Å². The van der Waals surface area contributed by atoms with Crippen LogP contribution >= 0.6 is 0 Å². The maximum atomic E-state index is 11.5. The summed E-state index contributed by atoms with van der Waals surface area (Å²) in [5.41, 5.74) is 7.19. The Morgan fingerprint density at radius 2 is 2.15 bits per heavy atom. The molecule has 102 valence electrons. The van der Waals surface area contributed by atoms with Gasteiger partial charge in [-0.1, -0.05) is 18.2 Å². The number of hydrogen-bond donors (Lipinski definition) is 1. The third kappa shape index (κ3) is 2.62. The van der Waals surface area contributed by atoms with Gasteiger partial charge in [-0.25, -0.2) is 4.68 Å². The maximum Gasteiger partial charge on any atom is 0.311 e. The van der Waals surface area contributed by atoms with Gasteiger partial charge in [-0.15, -0.1) is 0 Å². The number of esters is 1. The predicted molar refractivity (Wildman–Crippen MR) is 73.0 cm³/mol. The molecule has 0 saturated carbocycles. The maximum absolute atomic E-state index is 11.5. The van der Waals surface area contributed by atoms with Crippen molar-refractivity contribution in [2.75, 3.05) is 12.3 Å². The molecule has 2 rings (SSSR count). The first kappa shape index (κ1) is 13.6. The van der Waals surface area contributed by atoms with Crippen LogP contribution < -0.4 is 5.73 Å². The Balaban J connectivity index is 2.40. The molecule has 2 aromatic rings. The minimum Gasteiger partial charge on any atom is -0.466 e. The summed E-state index contributed by atoms with van der Waals surface area (Å²) in [6.07, 6.45) is -0.0687. The van der Waals surface area contributed by atoms with E-state index in [-0.39, 0.29) is 24.4 Å². The second-order valence-corrected chi connectivity index (χ2v) is 4.05. The van der Waals surface area contributed by atoms with E-state index in [2.05, 4.69) is 5.10 Å². The summed E-state index contributed by atoms with van der Waals surface area (Å²) >= 11 is 0. The Hall–Kier alpha value is -2.81. The summed E-state index contributed by atoms with van der Waals surface area (Å²) in [6, 6.07) is 11.2. The average molecular weight is 270 g/mol. The Kier molecular flexibility index (Phi) is 4.01. The number of carbonyl (C=O) groups excluding carboxylic acids is 1. The molecule has 0 radical (unpaired) electrons. The monoisotopic (exact) mass is 270 g/mol. The van der Waals surface area contributed by atoms with Crippen LogP contribution in [0.3, 0.4) is 0 Å². The standard InChI is InChI=1S/C14H14N4O2/c1-2-20-13(19)8-12-11(9-15)14(16)18(17-12)10-6-4-3-5-7-10/h3-7H,2,8,16H2,1H3. The van der Waals surface area contributed by atoms with E-state index < -0.39 is 5.97 Å². The highest BCUT2D eigenvalue weighted by Crippen LogP contribution is 2.20. The van der Waals surface area contributed by atoms with Crippen LogP contribution in [-0.2, 0) is 16.0 Å². The van der Waals surface area contributed by atoms with Crippen molar-refractivity contribution in [1.82, 2.24) is 9.78 Å². The van der Waals surface area contributed by atoms with E-state index in [0.29, 0.717) is 5.69 Å². The molecule has 0 spiro atoms. The number of ether oxygens (including phenoxy) is 1. The number of rotatable bonds is 4. The molecular weight excluding hydrogens is 256 g/mol. The number of carbonyl (C=O) groups is 1. The zero-order valence-electron chi connectivity index (χ0n) is 11.0. The number of nitrogens with two attached hydrogens (primary N) is 1. The number of nitriles is 1. The normalized spacial score (nSPS) is 10.0. The van der Waals surface area contributed by atoms with Crippen LogP contribution in [0.5, 0.6) is 0 Å². The Bertz CT molecular complexity index is 656. The molecule has 0 bridgehead atoms. The summed E-state index contributed by atoms with van der Waals surface area (Å²) in [7, 11) is 0. The molecule has 0 aliphatic heterocycles. The zero-order valence-corrected chi connectivity index (χ0v) is 11.0. The van der Waals surface area contributed by atoms with Crippen molar-refractivity contribution >= 4 is 11.8 Å². The van der Waals surface area contributed by atoms with Crippen LogP contribution in [0.15, 0.2) is 30.3 Å². The number of nitrogens with zero attached hydrogens (tertiary/aromatic N) is 3. The van der Waals surface area contributed by atoms with E-state index in [1.807, 2.05) is 36.4 Å². The molecule has 2 N–H and O–H groups in total. The molecule has 0 amide bonds. The lowest BCUT2D eigenvalue weighted by molar-refractivity contribution is -0.142. The molecule has 0 unspecified atom stereocenters. The molecule has 0 fully saturated rings. The summed E-state index contributed by atoms with van der Waals surface area (Å²) in [5.74, 6) is -0.209. The van der Waals surface area contributed by atoms with Gasteiger partial charge in [0.15, 0.2) is 0 Å². The van der Waals surface area contributed by atoms with Gasteiger partial charge in [0.2, 0.25) is 0 Å². The van der Waals surface area contributed by atoms with Gasteiger partial charge < -0.3 is 10.5 Å². The lowest BCUT2D eigenvalue weighted by Gasteiger charge is -2.02. The first-order valence-electron chi connectivity index (χ1n) is 6.15. The number of hydrogen-bond acceptors (Lipinski definition) is 5. The van der Waals surface area contributed by atoms with Gasteiger partial charge >= 0.3 is 5.97 Å². The fourth-order valence-corrected chi connectivity index (χ4v) is 1.84. The molecule has 1 aromatic heterocycles. The summed E-state index contributed by atoms with van der Waals surface area (Å²) in [4.78, 5) is 11.5. The highest BCUT2D eigenvalue weighted by molar-refractivity contribution is 5.74. The van der Waals surface area contributed by atoms with Gasteiger partial charge in [-0.05, 0) is 19.1 Å². The van der Waals surface area contributed by atoms with Crippen molar-refractivity contribution in [2.24, 2.45) is 0 Å². The van der Waals surface area contributed by atoms with Gasteiger partial charge in [0.05, 0.1) is 24.4 Å². The fraction of sp³-hybridized carbons (Fsp3) is 0.214. The van der Waals surface area contributed by atoms with Crippen LogP contribution in [0.25, 0.3) is 5.69 Å². The third-order valence-electron chi connectivity index (χ3n) is 2.72. The zero-order chi connectivity index (χ0) is 14.5. The number of para-hydroxylation sites is 1. The second-order valence-electron chi connectivity index (χ2n) is 4.05. The highest BCUT2D eigenvalue weighted by atomic mass is 16.5. The van der Waals surface area contributed by atoms with Crippen molar-refractivity contribution in [3.05, 3.63) is 41.6 Å². The minimum atomic E-state index is -0.429. The second kappa shape index (κ2) is 5.89. The first-order chi connectivity index (χ1) is 9.67. The van der Waals surface area contributed by atoms with E-state index in [9.17, 15) is 4.79 Å². The molecular formula is C14H14N4O2. The molecule has 6 heteroatoms. The van der Waals surface area contributed by atoms with E-state index in [1.165, 1.54) is 4.68 Å². The SMILES string of the molecule is CCOC(=O)Cc1nn(-c2ccccc2)c(N)c1C#N. The molecule has 0 saturated heterocycles. The third-order valence-corrected chi connectivity index (χ3v) is 2.72. The quantitative estimate of drug-likeness (QED) is 0.848. The molecule has 0 aliphatic rings. The molecule has 0 atom stereocenters. The predicted octanol–water partition coefficient (Wildman–Crippen LogP) is 1.43. The Morgan fingerprint density at radius 3 is 2.75 bits per heavy atom. The van der Waals surface area contributed by atoms with E-state index in [4.69, 9.17) is 15.7 Å². The van der Waals surface area contributed by atoms with Gasteiger partial charge in [-0.2, -0.15) is 10.4 Å². The van der Waals surface area contributed by atoms with Crippen molar-refractivity contribution in [2.45, 2.75) is 13.3 Å². The van der Waals surface area contributed by atoms with Crippen LogP contribution in [-0.4, -0.2) is 22.4 Å². The van der Waals surface area contributed by atoms with Crippen molar-refractivity contribution in [1.29, 1.82) is 5.26 Å². The van der Waals surface area contributed by atoms with Crippen LogP contribution in [0.2, 0.25) is 0 Å². The molecule has 6 nitrogen and oxygen atoms in total. The van der Waals surface area contributed by atoms with Crippen LogP contribution in [0.4, 0.5) is 5.82 Å². The number of benzene rings is 1. The van der Waals surface area contributed by atoms with Gasteiger partial charge in [-0.3, -0.25) is 4.79 Å². The lowest BCUT2D eigenvalue weighted by atomic mass is 10.2. The van der Waals surface area contributed by atoms with Crippen LogP contribution in [0.1, 0.15) is 18.2 Å². The van der Waals surface area contributed by atoms with Crippen LogP contribution in [0, 0.1) is 11.3 Å². The highest BCUT2D eigenvalue weighted by Gasteiger charge is 2.19. The fourth-order valence-electron chi connectivity index (χ4n) is 1.84. The molecule has 1 aromatic carbocycles. The largest absolute Gasteiger partial charge is 0.466 e. The van der Waals surface area contributed by atoms with Crippen molar-refractivity contribution in [3.8, 4) is 11.8 Å². The van der Waals surface area contributed by atoms with Gasteiger partial charge in [0.25, 0.3) is 0 Å². The lowest BCUT2D eigenvalue weighted by Crippen LogP contribution is -2.09. The summed E-state index contributed by atoms with van der Waals surface area (Å²) in [5, 5.41) is 13.4. The number of nitrogen functional groups attached to an aromatic ring is 1. The molecule has 20 heavy (non-hydrogen) atoms. The average Bonchev–Trinajstić information content (AvgIpc) is 2.76.